The Balaban J connectivity index is 1.48. The molecule has 3 aromatic heterocycles. The minimum absolute atomic E-state index is 0.267. The molecule has 0 saturated carbocycles. The number of alkyl halides is 1. The molecule has 188 valence electrons. The third-order valence-corrected chi connectivity index (χ3v) is 5.82. The molecule has 0 bridgehead atoms. The van der Waals surface area contributed by atoms with Crippen LogP contribution in [0.25, 0.3) is 11.2 Å². The average Bonchev–Trinajstić information content (AvgIpc) is 3.32. The molecule has 37 heavy (non-hydrogen) atoms. The van der Waals surface area contributed by atoms with Gasteiger partial charge in [-0.3, -0.25) is 13.8 Å². The first-order chi connectivity index (χ1) is 18.0. The first-order valence-corrected chi connectivity index (χ1v) is 11.8. The van der Waals surface area contributed by atoms with Crippen molar-refractivity contribution in [2.75, 3.05) is 12.0 Å². The second kappa shape index (κ2) is 10.8. The molecule has 1 N–H and O–H groups in total. The van der Waals surface area contributed by atoms with E-state index in [0.717, 1.165) is 5.56 Å². The molecular weight excluding hydrogens is 502 g/mol. The van der Waals surface area contributed by atoms with E-state index in [1.165, 1.54) is 18.6 Å². The number of hydrogen-bond acceptors (Lipinski definition) is 6. The zero-order valence-corrected chi connectivity index (χ0v) is 20.2. The molecule has 0 aliphatic rings. The Morgan fingerprint density at radius 3 is 2.51 bits per heavy atom. The number of nitrogens with one attached hydrogen (secondary N) is 1. The van der Waals surface area contributed by atoms with Crippen LogP contribution in [-0.4, -0.2) is 30.8 Å². The van der Waals surface area contributed by atoms with Crippen molar-refractivity contribution in [3.8, 4) is 11.5 Å². The molecule has 11 heteroatoms. The molecule has 0 fully saturated rings. The summed E-state index contributed by atoms with van der Waals surface area (Å²) in [6.07, 6.45) is 3.11. The fourth-order valence-electron chi connectivity index (χ4n) is 3.83. The Morgan fingerprint density at radius 1 is 1.00 bits per heavy atom. The minimum Gasteiger partial charge on any atom is -0.457 e. The van der Waals surface area contributed by atoms with Gasteiger partial charge in [-0.15, -0.1) is 0 Å². The Bertz CT molecular complexity index is 1590. The van der Waals surface area contributed by atoms with E-state index in [1.54, 1.807) is 51.6 Å². The lowest BCUT2D eigenvalue weighted by Gasteiger charge is -2.16. The molecule has 0 spiro atoms. The van der Waals surface area contributed by atoms with Crippen molar-refractivity contribution in [2.24, 2.45) is 0 Å². The van der Waals surface area contributed by atoms with Crippen molar-refractivity contribution < 1.29 is 13.5 Å². The van der Waals surface area contributed by atoms with Crippen LogP contribution in [0, 0.1) is 5.95 Å². The number of imidazole rings is 1. The molecule has 2 aromatic carbocycles. The number of anilines is 2. The van der Waals surface area contributed by atoms with Gasteiger partial charge < -0.3 is 14.6 Å². The van der Waals surface area contributed by atoms with E-state index in [9.17, 15) is 13.6 Å². The third-order valence-electron chi connectivity index (χ3n) is 5.57. The van der Waals surface area contributed by atoms with Crippen LogP contribution in [0.5, 0.6) is 11.5 Å². The number of aromatic nitrogens is 5. The first kappa shape index (κ1) is 24.4. The lowest BCUT2D eigenvalue weighted by Crippen LogP contribution is -2.20. The lowest BCUT2D eigenvalue weighted by molar-refractivity contribution is 0.449. The highest BCUT2D eigenvalue weighted by Gasteiger charge is 2.17. The van der Waals surface area contributed by atoms with E-state index in [0.29, 0.717) is 46.5 Å². The maximum atomic E-state index is 13.3. The number of hydrogen-bond donors (Lipinski definition) is 1. The average molecular weight is 523 g/mol. The van der Waals surface area contributed by atoms with E-state index in [4.69, 9.17) is 16.3 Å². The number of rotatable bonds is 9. The monoisotopic (exact) mass is 522 g/mol. The van der Waals surface area contributed by atoms with E-state index in [1.807, 2.05) is 12.1 Å². The second-order valence-corrected chi connectivity index (χ2v) is 8.61. The van der Waals surface area contributed by atoms with Crippen molar-refractivity contribution in [1.82, 2.24) is 24.1 Å². The van der Waals surface area contributed by atoms with Crippen molar-refractivity contribution in [3.05, 3.63) is 100 Å². The van der Waals surface area contributed by atoms with Crippen LogP contribution in [0.4, 0.5) is 20.4 Å². The third kappa shape index (κ3) is 5.59. The Labute approximate surface area is 215 Å². The molecule has 0 aliphatic heterocycles. The van der Waals surface area contributed by atoms with Crippen molar-refractivity contribution in [1.29, 1.82) is 0 Å². The molecule has 3 heterocycles. The molecule has 0 unspecified atom stereocenters. The summed E-state index contributed by atoms with van der Waals surface area (Å²) >= 11 is 6.04. The molecule has 8 nitrogen and oxygen atoms in total. The Kier molecular flexibility index (Phi) is 7.09. The predicted molar refractivity (Wildman–Crippen MR) is 137 cm³/mol. The van der Waals surface area contributed by atoms with E-state index in [2.05, 4.69) is 20.3 Å². The zero-order chi connectivity index (χ0) is 25.8. The van der Waals surface area contributed by atoms with Gasteiger partial charge in [0.05, 0.1) is 19.5 Å². The number of pyridine rings is 1. The fraction of sp³-hybridized carbons (Fsp3) is 0.154. The highest BCUT2D eigenvalue weighted by Crippen LogP contribution is 2.25. The number of nitrogens with zero attached hydrogens (tertiary/aromatic N) is 5. The molecular formula is C26H21ClF2N6O2. The van der Waals surface area contributed by atoms with Gasteiger partial charge in [-0.1, -0.05) is 23.7 Å². The quantitative estimate of drug-likeness (QED) is 0.249. The zero-order valence-electron chi connectivity index (χ0n) is 19.4. The summed E-state index contributed by atoms with van der Waals surface area (Å²) in [5.41, 5.74) is 1.82. The molecule has 0 saturated heterocycles. The summed E-state index contributed by atoms with van der Waals surface area (Å²) < 4.78 is 35.2. The van der Waals surface area contributed by atoms with Crippen LogP contribution in [0.1, 0.15) is 12.0 Å². The van der Waals surface area contributed by atoms with Gasteiger partial charge in [-0.2, -0.15) is 9.37 Å². The van der Waals surface area contributed by atoms with E-state index >= 15 is 0 Å². The number of benzene rings is 2. The van der Waals surface area contributed by atoms with Gasteiger partial charge in [0, 0.05) is 29.5 Å². The standard InChI is InChI=1S/C26H21ClF2N6O2/c27-18-4-2-17(3-5-18)15-35-24-23(34(16-31-24)13-1-11-28)25(36)33-26(35)32-19-6-8-20(9-7-19)37-21-10-12-30-22(29)14-21/h2-10,12,14,16H,1,11,13,15H2,(H,32,33,36). The van der Waals surface area contributed by atoms with Crippen molar-refractivity contribution in [2.45, 2.75) is 19.5 Å². The number of ether oxygens (including phenoxy) is 1. The van der Waals surface area contributed by atoms with Crippen LogP contribution in [-0.2, 0) is 13.1 Å². The highest BCUT2D eigenvalue weighted by molar-refractivity contribution is 6.30. The van der Waals surface area contributed by atoms with Gasteiger partial charge in [0.2, 0.25) is 11.9 Å². The maximum Gasteiger partial charge on any atom is 0.300 e. The Hall–Kier alpha value is -4.31. The summed E-state index contributed by atoms with van der Waals surface area (Å²) in [5.74, 6) is 0.460. The van der Waals surface area contributed by atoms with Crippen LogP contribution in [0.2, 0.25) is 5.02 Å². The molecule has 0 radical (unpaired) electrons. The summed E-state index contributed by atoms with van der Waals surface area (Å²) in [7, 11) is 0. The smallest absolute Gasteiger partial charge is 0.300 e. The predicted octanol–water partition coefficient (Wildman–Crippen LogP) is 5.72. The highest BCUT2D eigenvalue weighted by atomic mass is 35.5. The van der Waals surface area contributed by atoms with Gasteiger partial charge in [0.25, 0.3) is 0 Å². The minimum atomic E-state index is -0.636. The topological polar surface area (TPSA) is 86.9 Å². The summed E-state index contributed by atoms with van der Waals surface area (Å²) in [5, 5.41) is 3.79. The van der Waals surface area contributed by atoms with Gasteiger partial charge in [-0.05, 0) is 54.4 Å². The number of aryl methyl sites for hydroxylation is 1. The molecule has 0 atom stereocenters. The fourth-order valence-corrected chi connectivity index (χ4v) is 3.96. The van der Waals surface area contributed by atoms with E-state index < -0.39 is 18.2 Å². The largest absolute Gasteiger partial charge is 0.457 e. The van der Waals surface area contributed by atoms with Gasteiger partial charge in [-0.25, -0.2) is 9.97 Å². The summed E-state index contributed by atoms with van der Waals surface area (Å²) in [6, 6.07) is 17.0. The number of fused-ring (bicyclic) bond motifs is 1. The van der Waals surface area contributed by atoms with Crippen LogP contribution in [0.15, 0.2) is 78.0 Å². The van der Waals surface area contributed by atoms with Crippen LogP contribution in [0.3, 0.4) is 0 Å². The first-order valence-electron chi connectivity index (χ1n) is 11.4. The molecule has 5 aromatic rings. The summed E-state index contributed by atoms with van der Waals surface area (Å²) in [6.45, 7) is 0.181. The maximum absolute atomic E-state index is 13.3. The van der Waals surface area contributed by atoms with Crippen LogP contribution >= 0.6 is 11.6 Å². The van der Waals surface area contributed by atoms with Gasteiger partial charge in [0.1, 0.15) is 11.5 Å². The second-order valence-electron chi connectivity index (χ2n) is 8.17. The van der Waals surface area contributed by atoms with E-state index in [-0.39, 0.29) is 12.4 Å². The number of halogens is 3. The summed E-state index contributed by atoms with van der Waals surface area (Å²) in [4.78, 5) is 25.2. The van der Waals surface area contributed by atoms with Crippen molar-refractivity contribution >= 4 is 34.4 Å². The van der Waals surface area contributed by atoms with Gasteiger partial charge in [0.15, 0.2) is 11.2 Å². The van der Waals surface area contributed by atoms with Crippen molar-refractivity contribution in [3.63, 3.8) is 0 Å². The lowest BCUT2D eigenvalue weighted by atomic mass is 10.2. The SMILES string of the molecule is O=c1nc(Nc2ccc(Oc3ccnc(F)c3)cc2)n(Cc2ccc(Cl)cc2)c2ncn(CCCF)c12. The molecule has 0 amide bonds. The molecule has 0 aliphatic carbocycles. The normalized spacial score (nSPS) is 11.1. The van der Waals surface area contributed by atoms with Gasteiger partial charge >= 0.3 is 5.56 Å². The molecule has 5 rings (SSSR count). The Morgan fingerprint density at radius 2 is 1.78 bits per heavy atom. The van der Waals surface area contributed by atoms with Crippen LogP contribution < -0.4 is 15.6 Å².